The number of pyridine rings is 1. The van der Waals surface area contributed by atoms with Crippen molar-refractivity contribution in [2.24, 2.45) is 11.8 Å². The smallest absolute Gasteiger partial charge is 0.256 e. The van der Waals surface area contributed by atoms with E-state index in [2.05, 4.69) is 39.8 Å². The highest BCUT2D eigenvalue weighted by atomic mass is 32.1. The number of aromatic nitrogens is 1. The summed E-state index contributed by atoms with van der Waals surface area (Å²) in [5, 5.41) is 7.11. The Bertz CT molecular complexity index is 1190. The molecule has 174 valence electrons. The fourth-order valence-electron chi connectivity index (χ4n) is 4.37. The number of anilines is 1. The molecule has 0 spiro atoms. The molecule has 4 rings (SSSR count). The van der Waals surface area contributed by atoms with E-state index in [1.165, 1.54) is 11.1 Å². The molecule has 1 saturated heterocycles. The molecule has 0 aromatic carbocycles. The van der Waals surface area contributed by atoms with Crippen molar-refractivity contribution in [3.8, 4) is 0 Å². The van der Waals surface area contributed by atoms with E-state index in [4.69, 9.17) is 0 Å². The highest BCUT2D eigenvalue weighted by molar-refractivity contribution is 7.08. The maximum absolute atomic E-state index is 12.7. The van der Waals surface area contributed by atoms with Crippen LogP contribution in [-0.2, 0) is 9.59 Å². The summed E-state index contributed by atoms with van der Waals surface area (Å²) in [4.78, 5) is 31.4. The van der Waals surface area contributed by atoms with Gasteiger partial charge in [-0.05, 0) is 89.9 Å². The van der Waals surface area contributed by atoms with Crippen molar-refractivity contribution in [2.45, 2.75) is 20.3 Å². The number of hydrogen-bond donors (Lipinski definition) is 1. The van der Waals surface area contributed by atoms with Crippen LogP contribution < -0.4 is 5.32 Å². The maximum Gasteiger partial charge on any atom is 0.256 e. The average Bonchev–Trinajstić information content (AvgIpc) is 3.58. The molecule has 2 aliphatic rings. The van der Waals surface area contributed by atoms with Crippen molar-refractivity contribution in [3.05, 3.63) is 94.4 Å². The monoisotopic (exact) mass is 471 g/mol. The SMILES string of the molecule is C=CC(C)=CC(=CC)C(=O)Nc1ccc(C=CC(=O)N2CC3C=C(c4ccsc4)CC3C2)cn1. The Morgan fingerprint density at radius 1 is 1.26 bits per heavy atom. The summed E-state index contributed by atoms with van der Waals surface area (Å²) in [7, 11) is 0. The Hall–Kier alpha value is -3.51. The highest BCUT2D eigenvalue weighted by Crippen LogP contribution is 2.41. The number of carbonyl (C=O) groups is 2. The quantitative estimate of drug-likeness (QED) is 0.414. The van der Waals surface area contributed by atoms with Crippen molar-refractivity contribution in [2.75, 3.05) is 18.4 Å². The number of allylic oxidation sites excluding steroid dienone is 4. The third kappa shape index (κ3) is 5.51. The minimum absolute atomic E-state index is 0.0272. The topological polar surface area (TPSA) is 62.3 Å². The molecule has 0 bridgehead atoms. The Morgan fingerprint density at radius 2 is 2.12 bits per heavy atom. The number of fused-ring (bicyclic) bond motifs is 1. The van der Waals surface area contributed by atoms with Gasteiger partial charge in [0.15, 0.2) is 0 Å². The lowest BCUT2D eigenvalue weighted by atomic mass is 9.99. The zero-order valence-corrected chi connectivity index (χ0v) is 20.3. The number of thiophene rings is 1. The summed E-state index contributed by atoms with van der Waals surface area (Å²) in [5.41, 5.74) is 5.00. The summed E-state index contributed by atoms with van der Waals surface area (Å²) in [6.45, 7) is 8.98. The third-order valence-electron chi connectivity index (χ3n) is 6.32. The number of nitrogens with one attached hydrogen (secondary N) is 1. The van der Waals surface area contributed by atoms with Crippen molar-refractivity contribution < 1.29 is 9.59 Å². The van der Waals surface area contributed by atoms with E-state index in [0.717, 1.165) is 30.6 Å². The first-order chi connectivity index (χ1) is 16.5. The number of hydrogen-bond acceptors (Lipinski definition) is 4. The molecule has 1 aliphatic carbocycles. The Kier molecular flexibility index (Phi) is 7.38. The van der Waals surface area contributed by atoms with E-state index in [9.17, 15) is 9.59 Å². The number of rotatable bonds is 7. The second-order valence-electron chi connectivity index (χ2n) is 8.68. The Balaban J connectivity index is 1.31. The van der Waals surface area contributed by atoms with E-state index in [0.29, 0.717) is 23.2 Å². The lowest BCUT2D eigenvalue weighted by Gasteiger charge is -2.15. The van der Waals surface area contributed by atoms with Gasteiger partial charge in [-0.15, -0.1) is 0 Å². The lowest BCUT2D eigenvalue weighted by Crippen LogP contribution is -2.27. The second kappa shape index (κ2) is 10.6. The van der Waals surface area contributed by atoms with Crippen LogP contribution in [0.2, 0.25) is 0 Å². The van der Waals surface area contributed by atoms with E-state index >= 15 is 0 Å². The van der Waals surface area contributed by atoms with Crippen LogP contribution in [0, 0.1) is 11.8 Å². The van der Waals surface area contributed by atoms with Gasteiger partial charge < -0.3 is 10.2 Å². The van der Waals surface area contributed by atoms with Crippen molar-refractivity contribution >= 4 is 40.6 Å². The van der Waals surface area contributed by atoms with Gasteiger partial charge in [0.2, 0.25) is 5.91 Å². The molecular weight excluding hydrogens is 442 g/mol. The molecule has 1 aliphatic heterocycles. The average molecular weight is 472 g/mol. The van der Waals surface area contributed by atoms with Gasteiger partial charge in [-0.3, -0.25) is 9.59 Å². The first-order valence-corrected chi connectivity index (χ1v) is 12.4. The summed E-state index contributed by atoms with van der Waals surface area (Å²) in [5.74, 6) is 1.22. The summed E-state index contributed by atoms with van der Waals surface area (Å²) >= 11 is 1.72. The van der Waals surface area contributed by atoms with Crippen LogP contribution in [0.1, 0.15) is 31.4 Å². The first kappa shape index (κ1) is 23.6. The maximum atomic E-state index is 12.7. The molecule has 2 atom stereocenters. The first-order valence-electron chi connectivity index (χ1n) is 11.4. The van der Waals surface area contributed by atoms with Crippen LogP contribution in [0.25, 0.3) is 11.6 Å². The summed E-state index contributed by atoms with van der Waals surface area (Å²) in [6.07, 6.45) is 13.7. The van der Waals surface area contributed by atoms with Gasteiger partial charge in [0, 0.05) is 30.9 Å². The minimum atomic E-state index is -0.231. The molecular formula is C28H29N3O2S. The largest absolute Gasteiger partial charge is 0.338 e. The lowest BCUT2D eigenvalue weighted by molar-refractivity contribution is -0.125. The second-order valence-corrected chi connectivity index (χ2v) is 9.46. The standard InChI is InChI=1S/C28H29N3O2S/c1-4-19(3)12-21(5-2)28(33)30-26-8-6-20(15-29-26)7-9-27(32)31-16-24-13-23(14-25(24)17-31)22-10-11-34-18-22/h4-13,15,18,24-25H,1,14,16-17H2,2-3H3,(H,29,30,33). The van der Waals surface area contributed by atoms with Crippen LogP contribution in [0.3, 0.4) is 0 Å². The van der Waals surface area contributed by atoms with Gasteiger partial charge in [-0.25, -0.2) is 4.98 Å². The molecule has 2 aromatic heterocycles. The zero-order valence-electron chi connectivity index (χ0n) is 19.5. The van der Waals surface area contributed by atoms with Crippen molar-refractivity contribution in [1.82, 2.24) is 9.88 Å². The van der Waals surface area contributed by atoms with Crippen molar-refractivity contribution in [3.63, 3.8) is 0 Å². The molecule has 34 heavy (non-hydrogen) atoms. The molecule has 6 heteroatoms. The molecule has 3 heterocycles. The number of nitrogens with zero attached hydrogens (tertiary/aromatic N) is 2. The molecule has 0 saturated carbocycles. The van der Waals surface area contributed by atoms with E-state index in [1.807, 2.05) is 24.8 Å². The predicted octanol–water partition coefficient (Wildman–Crippen LogP) is 5.74. The van der Waals surface area contributed by atoms with Crippen LogP contribution in [-0.4, -0.2) is 34.8 Å². The number of amides is 2. The van der Waals surface area contributed by atoms with E-state index < -0.39 is 0 Å². The van der Waals surface area contributed by atoms with Gasteiger partial charge in [0.25, 0.3) is 5.91 Å². The predicted molar refractivity (Wildman–Crippen MR) is 140 cm³/mol. The minimum Gasteiger partial charge on any atom is -0.338 e. The van der Waals surface area contributed by atoms with E-state index in [-0.39, 0.29) is 11.8 Å². The van der Waals surface area contributed by atoms with Gasteiger partial charge in [0.1, 0.15) is 5.82 Å². The third-order valence-corrected chi connectivity index (χ3v) is 7.00. The normalized spacial score (nSPS) is 20.4. The summed E-state index contributed by atoms with van der Waals surface area (Å²) < 4.78 is 0. The number of carbonyl (C=O) groups excluding carboxylic acids is 2. The van der Waals surface area contributed by atoms with Gasteiger partial charge in [-0.1, -0.05) is 30.4 Å². The van der Waals surface area contributed by atoms with Crippen LogP contribution >= 0.6 is 11.3 Å². The van der Waals surface area contributed by atoms with Crippen molar-refractivity contribution in [1.29, 1.82) is 0 Å². The molecule has 2 aromatic rings. The fourth-order valence-corrected chi connectivity index (χ4v) is 5.06. The van der Waals surface area contributed by atoms with Crippen LogP contribution in [0.15, 0.2) is 83.3 Å². The Labute approximate surface area is 204 Å². The van der Waals surface area contributed by atoms with Gasteiger partial charge in [-0.2, -0.15) is 11.3 Å². The zero-order chi connectivity index (χ0) is 24.1. The molecule has 1 fully saturated rings. The number of likely N-dealkylation sites (tertiary alicyclic amines) is 1. The highest BCUT2D eigenvalue weighted by Gasteiger charge is 2.37. The fraction of sp³-hybridized carbons (Fsp3) is 0.250. The van der Waals surface area contributed by atoms with Gasteiger partial charge in [0.05, 0.1) is 0 Å². The molecule has 2 amide bonds. The van der Waals surface area contributed by atoms with Gasteiger partial charge >= 0.3 is 0 Å². The van der Waals surface area contributed by atoms with Crippen LogP contribution in [0.4, 0.5) is 5.82 Å². The molecule has 5 nitrogen and oxygen atoms in total. The molecule has 0 radical (unpaired) electrons. The molecule has 2 unspecified atom stereocenters. The Morgan fingerprint density at radius 3 is 2.76 bits per heavy atom. The summed E-state index contributed by atoms with van der Waals surface area (Å²) in [6, 6.07) is 5.74. The molecule has 1 N–H and O–H groups in total. The van der Waals surface area contributed by atoms with E-state index in [1.54, 1.807) is 54.0 Å². The van der Waals surface area contributed by atoms with Crippen LogP contribution in [0.5, 0.6) is 0 Å².